The molecule has 1 heterocycles. The molecule has 0 aliphatic carbocycles. The van der Waals surface area contributed by atoms with Gasteiger partial charge in [0, 0.05) is 13.2 Å². The molecule has 1 aliphatic rings. The van der Waals surface area contributed by atoms with E-state index in [9.17, 15) is 9.59 Å². The molecule has 24 heavy (non-hydrogen) atoms. The molecule has 2 unspecified atom stereocenters. The SMILES string of the molecule is CCOC(=O)C(Br)(CCCCCCCOC1CCCCO1)C(C)=O. The van der Waals surface area contributed by atoms with Crippen molar-refractivity contribution < 1.29 is 23.8 Å². The van der Waals surface area contributed by atoms with Crippen LogP contribution >= 0.6 is 15.9 Å². The number of ketones is 1. The first-order chi connectivity index (χ1) is 11.5. The van der Waals surface area contributed by atoms with Gasteiger partial charge in [-0.3, -0.25) is 9.59 Å². The number of halogens is 1. The number of unbranched alkanes of at least 4 members (excludes halogenated alkanes) is 4. The van der Waals surface area contributed by atoms with Gasteiger partial charge in [0.2, 0.25) is 0 Å². The topological polar surface area (TPSA) is 61.8 Å². The number of esters is 1. The lowest BCUT2D eigenvalue weighted by Crippen LogP contribution is -2.40. The van der Waals surface area contributed by atoms with Crippen molar-refractivity contribution in [1.29, 1.82) is 0 Å². The monoisotopic (exact) mass is 406 g/mol. The zero-order chi connectivity index (χ0) is 17.8. The molecule has 0 radical (unpaired) electrons. The molecule has 2 atom stereocenters. The van der Waals surface area contributed by atoms with Crippen LogP contribution in [0.25, 0.3) is 0 Å². The minimum absolute atomic E-state index is 0.00657. The fraction of sp³-hybridized carbons (Fsp3) is 0.889. The molecule has 0 amide bonds. The summed E-state index contributed by atoms with van der Waals surface area (Å²) in [6, 6.07) is 0. The van der Waals surface area contributed by atoms with E-state index in [4.69, 9.17) is 14.2 Å². The molecule has 140 valence electrons. The van der Waals surface area contributed by atoms with E-state index >= 15 is 0 Å². The summed E-state index contributed by atoms with van der Waals surface area (Å²) in [4.78, 5) is 23.7. The number of ether oxygens (including phenoxy) is 3. The second kappa shape index (κ2) is 12.0. The Kier molecular flexibility index (Phi) is 10.8. The maximum absolute atomic E-state index is 11.9. The molecule has 0 aromatic rings. The van der Waals surface area contributed by atoms with Crippen LogP contribution in [0.15, 0.2) is 0 Å². The van der Waals surface area contributed by atoms with Crippen molar-refractivity contribution in [2.75, 3.05) is 19.8 Å². The Morgan fingerprint density at radius 3 is 2.50 bits per heavy atom. The average molecular weight is 407 g/mol. The molecule has 6 heteroatoms. The lowest BCUT2D eigenvalue weighted by molar-refractivity contribution is -0.162. The van der Waals surface area contributed by atoms with E-state index in [1.807, 2.05) is 0 Å². The van der Waals surface area contributed by atoms with Crippen LogP contribution in [0, 0.1) is 0 Å². The van der Waals surface area contributed by atoms with Gasteiger partial charge in [-0.15, -0.1) is 0 Å². The van der Waals surface area contributed by atoms with Crippen molar-refractivity contribution >= 4 is 27.7 Å². The zero-order valence-corrected chi connectivity index (χ0v) is 16.6. The third-order valence-electron chi connectivity index (χ3n) is 4.26. The molecule has 0 spiro atoms. The number of alkyl halides is 1. The van der Waals surface area contributed by atoms with Crippen LogP contribution in [0.1, 0.15) is 71.6 Å². The lowest BCUT2D eigenvalue weighted by atomic mass is 9.97. The Balaban J connectivity index is 2.09. The summed E-state index contributed by atoms with van der Waals surface area (Å²) in [6.45, 7) is 5.01. The van der Waals surface area contributed by atoms with Gasteiger partial charge < -0.3 is 14.2 Å². The molecule has 0 bridgehead atoms. The van der Waals surface area contributed by atoms with Gasteiger partial charge in [0.1, 0.15) is 0 Å². The first kappa shape index (κ1) is 21.6. The Morgan fingerprint density at radius 2 is 1.88 bits per heavy atom. The normalized spacial score (nSPS) is 20.4. The molecular formula is C18H31BrO5. The van der Waals surface area contributed by atoms with E-state index < -0.39 is 10.3 Å². The minimum atomic E-state index is -1.18. The van der Waals surface area contributed by atoms with E-state index in [1.165, 1.54) is 13.3 Å². The number of carbonyl (C=O) groups excluding carboxylic acids is 2. The molecule has 1 fully saturated rings. The summed E-state index contributed by atoms with van der Waals surface area (Å²) in [6.07, 6.45) is 8.78. The Hall–Kier alpha value is -0.460. The summed E-state index contributed by atoms with van der Waals surface area (Å²) in [5, 5.41) is 0. The van der Waals surface area contributed by atoms with E-state index in [-0.39, 0.29) is 18.7 Å². The standard InChI is InChI=1S/C18H31BrO5/c1-3-22-17(21)18(19,15(2)20)12-8-5-4-6-9-13-23-16-11-7-10-14-24-16/h16H,3-14H2,1-2H3. The highest BCUT2D eigenvalue weighted by Gasteiger charge is 2.41. The largest absolute Gasteiger partial charge is 0.465 e. The zero-order valence-electron chi connectivity index (χ0n) is 15.0. The van der Waals surface area contributed by atoms with Crippen molar-refractivity contribution in [3.05, 3.63) is 0 Å². The van der Waals surface area contributed by atoms with Crippen LogP contribution in [0.4, 0.5) is 0 Å². The van der Waals surface area contributed by atoms with Crippen molar-refractivity contribution in [2.45, 2.75) is 82.2 Å². The molecule has 1 rings (SSSR count). The van der Waals surface area contributed by atoms with Crippen LogP contribution in [-0.4, -0.2) is 42.2 Å². The second-order valence-corrected chi connectivity index (χ2v) is 7.62. The molecule has 0 N–H and O–H groups in total. The van der Waals surface area contributed by atoms with Gasteiger partial charge in [-0.25, -0.2) is 0 Å². The molecular weight excluding hydrogens is 376 g/mol. The van der Waals surface area contributed by atoms with Crippen molar-refractivity contribution in [1.82, 2.24) is 0 Å². The number of hydrogen-bond donors (Lipinski definition) is 0. The number of hydrogen-bond acceptors (Lipinski definition) is 5. The van der Waals surface area contributed by atoms with Crippen LogP contribution in [0.3, 0.4) is 0 Å². The lowest BCUT2D eigenvalue weighted by Gasteiger charge is -2.22. The molecule has 0 saturated carbocycles. The highest BCUT2D eigenvalue weighted by atomic mass is 79.9. The van der Waals surface area contributed by atoms with Gasteiger partial charge in [-0.05, 0) is 46.0 Å². The van der Waals surface area contributed by atoms with Gasteiger partial charge in [0.15, 0.2) is 16.4 Å². The highest BCUT2D eigenvalue weighted by Crippen LogP contribution is 2.28. The summed E-state index contributed by atoms with van der Waals surface area (Å²) >= 11 is 3.30. The van der Waals surface area contributed by atoms with Gasteiger partial charge in [0.25, 0.3) is 0 Å². The molecule has 1 saturated heterocycles. The van der Waals surface area contributed by atoms with E-state index in [2.05, 4.69) is 15.9 Å². The first-order valence-corrected chi connectivity index (χ1v) is 9.90. The van der Waals surface area contributed by atoms with Gasteiger partial charge in [-0.2, -0.15) is 0 Å². The summed E-state index contributed by atoms with van der Waals surface area (Å²) < 4.78 is 15.0. The number of carbonyl (C=O) groups is 2. The summed E-state index contributed by atoms with van der Waals surface area (Å²) in [7, 11) is 0. The third kappa shape index (κ3) is 7.62. The van der Waals surface area contributed by atoms with Crippen molar-refractivity contribution in [3.63, 3.8) is 0 Å². The second-order valence-electron chi connectivity index (χ2n) is 6.26. The first-order valence-electron chi connectivity index (χ1n) is 9.11. The van der Waals surface area contributed by atoms with Crippen LogP contribution < -0.4 is 0 Å². The Bertz CT molecular complexity index is 382. The number of rotatable bonds is 12. The molecule has 5 nitrogen and oxygen atoms in total. The molecule has 1 aliphatic heterocycles. The average Bonchev–Trinajstić information content (AvgIpc) is 2.58. The minimum Gasteiger partial charge on any atom is -0.465 e. The summed E-state index contributed by atoms with van der Waals surface area (Å²) in [5.41, 5.74) is 0. The van der Waals surface area contributed by atoms with Crippen molar-refractivity contribution in [2.24, 2.45) is 0 Å². The predicted octanol–water partition coefficient (Wildman–Crippen LogP) is 4.16. The van der Waals surface area contributed by atoms with Crippen molar-refractivity contribution in [3.8, 4) is 0 Å². The summed E-state index contributed by atoms with van der Waals surface area (Å²) in [5.74, 6) is -0.666. The maximum Gasteiger partial charge on any atom is 0.330 e. The fourth-order valence-electron chi connectivity index (χ4n) is 2.73. The smallest absolute Gasteiger partial charge is 0.330 e. The third-order valence-corrected chi connectivity index (χ3v) is 5.54. The van der Waals surface area contributed by atoms with E-state index in [0.717, 1.165) is 58.2 Å². The quantitative estimate of drug-likeness (QED) is 0.210. The number of Topliss-reactive ketones (excluding diaryl/α,β-unsaturated/α-hetero) is 1. The van der Waals surface area contributed by atoms with Crippen LogP contribution in [0.5, 0.6) is 0 Å². The molecule has 0 aromatic carbocycles. The van der Waals surface area contributed by atoms with E-state index in [0.29, 0.717) is 6.42 Å². The maximum atomic E-state index is 11.9. The fourth-order valence-corrected chi connectivity index (χ4v) is 3.12. The Morgan fingerprint density at radius 1 is 1.17 bits per heavy atom. The molecule has 0 aromatic heterocycles. The van der Waals surface area contributed by atoms with E-state index in [1.54, 1.807) is 6.92 Å². The Labute approximate surface area is 153 Å². The van der Waals surface area contributed by atoms with Crippen LogP contribution in [-0.2, 0) is 23.8 Å². The van der Waals surface area contributed by atoms with Gasteiger partial charge in [-0.1, -0.05) is 41.6 Å². The van der Waals surface area contributed by atoms with Gasteiger partial charge >= 0.3 is 5.97 Å². The van der Waals surface area contributed by atoms with Crippen LogP contribution in [0.2, 0.25) is 0 Å². The predicted molar refractivity (Wildman–Crippen MR) is 96.2 cm³/mol. The highest BCUT2D eigenvalue weighted by molar-refractivity contribution is 9.10. The van der Waals surface area contributed by atoms with Gasteiger partial charge in [0.05, 0.1) is 6.61 Å².